The Morgan fingerprint density at radius 1 is 0.852 bits per heavy atom. The van der Waals surface area contributed by atoms with E-state index in [1.807, 2.05) is 0 Å². The van der Waals surface area contributed by atoms with Gasteiger partial charge in [0.15, 0.2) is 6.20 Å². The highest BCUT2D eigenvalue weighted by Gasteiger charge is 2.58. The molecule has 1 nitrogen and oxygen atoms in total. The molecule has 1 atom stereocenters. The van der Waals surface area contributed by atoms with Crippen molar-refractivity contribution in [2.24, 2.45) is 13.0 Å². The van der Waals surface area contributed by atoms with Crippen LogP contribution < -0.4 is 4.57 Å². The summed E-state index contributed by atoms with van der Waals surface area (Å²) in [6, 6.07) is 18.7. The number of hydrogen-bond donors (Lipinski definition) is 0. The quantitative estimate of drug-likeness (QED) is 0.495. The molecule has 1 saturated carbocycles. The van der Waals surface area contributed by atoms with Crippen LogP contribution in [0.25, 0.3) is 22.4 Å². The minimum absolute atomic E-state index is 0.0576. The second kappa shape index (κ2) is 5.32. The lowest BCUT2D eigenvalue weighted by molar-refractivity contribution is -0.660. The van der Waals surface area contributed by atoms with Crippen molar-refractivity contribution in [3.8, 4) is 22.4 Å². The summed E-state index contributed by atoms with van der Waals surface area (Å²) in [5, 5.41) is 0. The van der Waals surface area contributed by atoms with Gasteiger partial charge in [0.25, 0.3) is 0 Å². The highest BCUT2D eigenvalue weighted by atomic mass is 14.9. The Balaban J connectivity index is 1.82. The molecule has 0 amide bonds. The van der Waals surface area contributed by atoms with Crippen LogP contribution in [0, 0.1) is 12.8 Å². The van der Waals surface area contributed by atoms with E-state index in [9.17, 15) is 0 Å². The van der Waals surface area contributed by atoms with Crippen molar-refractivity contribution in [1.82, 2.24) is 0 Å². The Labute approximate surface area is 161 Å². The molecule has 1 heterocycles. The van der Waals surface area contributed by atoms with Crippen LogP contribution in [0.4, 0.5) is 0 Å². The van der Waals surface area contributed by atoms with Crippen LogP contribution in [-0.4, -0.2) is 0 Å². The van der Waals surface area contributed by atoms with Gasteiger partial charge in [-0.05, 0) is 59.6 Å². The van der Waals surface area contributed by atoms with E-state index in [4.69, 9.17) is 0 Å². The van der Waals surface area contributed by atoms with Gasteiger partial charge in [0.1, 0.15) is 7.05 Å². The summed E-state index contributed by atoms with van der Waals surface area (Å²) in [5.41, 5.74) is 12.1. The minimum atomic E-state index is 0.0576. The molecule has 1 fully saturated rings. The lowest BCUT2D eigenvalue weighted by Crippen LogP contribution is -2.38. The minimum Gasteiger partial charge on any atom is -0.201 e. The fourth-order valence-electron chi connectivity index (χ4n) is 6.54. The maximum atomic E-state index is 2.43. The average molecular weight is 353 g/mol. The normalized spacial score (nSPS) is 22.4. The predicted molar refractivity (Wildman–Crippen MR) is 110 cm³/mol. The zero-order valence-electron chi connectivity index (χ0n) is 16.3. The van der Waals surface area contributed by atoms with Crippen molar-refractivity contribution >= 4 is 0 Å². The highest BCUT2D eigenvalue weighted by Crippen LogP contribution is 2.65. The Kier molecular flexibility index (Phi) is 3.08. The molecule has 1 unspecified atom stereocenters. The third-order valence-corrected chi connectivity index (χ3v) is 7.51. The zero-order chi connectivity index (χ0) is 18.2. The number of fused-ring (bicyclic) bond motifs is 6. The second-order valence-electron chi connectivity index (χ2n) is 8.75. The Hall–Kier alpha value is -2.41. The molecule has 3 aromatic rings. The monoisotopic (exact) mass is 352 g/mol. The Morgan fingerprint density at radius 2 is 1.63 bits per heavy atom. The molecule has 1 heteroatoms. The second-order valence-corrected chi connectivity index (χ2v) is 8.75. The van der Waals surface area contributed by atoms with Crippen LogP contribution in [0.15, 0.2) is 54.7 Å². The molecular weight excluding hydrogens is 326 g/mol. The van der Waals surface area contributed by atoms with E-state index in [-0.39, 0.29) is 5.41 Å². The molecule has 0 bridgehead atoms. The molecule has 2 aromatic carbocycles. The third-order valence-electron chi connectivity index (χ3n) is 7.51. The fourth-order valence-corrected chi connectivity index (χ4v) is 6.54. The number of nitrogens with zero attached hydrogens (tertiary/aromatic N) is 1. The molecule has 0 spiro atoms. The topological polar surface area (TPSA) is 3.88 Å². The van der Waals surface area contributed by atoms with Gasteiger partial charge in [0, 0.05) is 11.6 Å². The van der Waals surface area contributed by atoms with Gasteiger partial charge in [-0.3, -0.25) is 0 Å². The standard InChI is InChI=1S/C26H26N/c1-17-14-15-20-19-11-6-7-12-21(19)26(18-9-4-3-5-10-18)22-13-8-16-27(2)25(22)23(17)24(20)26/h6-8,11-16,18H,3-5,9-10H2,1-2H3/q+1. The molecule has 6 rings (SSSR count). The molecule has 0 radical (unpaired) electrons. The summed E-state index contributed by atoms with van der Waals surface area (Å²) in [4.78, 5) is 0. The molecule has 3 aliphatic rings. The van der Waals surface area contributed by atoms with E-state index in [2.05, 4.69) is 73.3 Å². The van der Waals surface area contributed by atoms with E-state index >= 15 is 0 Å². The summed E-state index contributed by atoms with van der Waals surface area (Å²) in [7, 11) is 2.22. The number of aromatic nitrogens is 1. The van der Waals surface area contributed by atoms with E-state index < -0.39 is 0 Å². The van der Waals surface area contributed by atoms with Crippen LogP contribution in [0.3, 0.4) is 0 Å². The first-order valence-electron chi connectivity index (χ1n) is 10.5. The van der Waals surface area contributed by atoms with Crippen molar-refractivity contribution in [1.29, 1.82) is 0 Å². The van der Waals surface area contributed by atoms with Crippen molar-refractivity contribution in [3.05, 3.63) is 77.0 Å². The summed E-state index contributed by atoms with van der Waals surface area (Å²) >= 11 is 0. The predicted octanol–water partition coefficient (Wildman–Crippen LogP) is 5.70. The van der Waals surface area contributed by atoms with E-state index in [1.165, 1.54) is 60.1 Å². The van der Waals surface area contributed by atoms with E-state index in [0.717, 1.165) is 0 Å². The van der Waals surface area contributed by atoms with E-state index in [0.29, 0.717) is 5.92 Å². The molecule has 134 valence electrons. The van der Waals surface area contributed by atoms with Gasteiger partial charge in [-0.2, -0.15) is 0 Å². The first kappa shape index (κ1) is 15.6. The van der Waals surface area contributed by atoms with Gasteiger partial charge in [-0.1, -0.05) is 55.7 Å². The first-order valence-corrected chi connectivity index (χ1v) is 10.5. The van der Waals surface area contributed by atoms with E-state index in [1.54, 1.807) is 16.7 Å². The fraction of sp³-hybridized carbons (Fsp3) is 0.346. The van der Waals surface area contributed by atoms with Crippen molar-refractivity contribution < 1.29 is 4.57 Å². The molecule has 1 aromatic heterocycles. The van der Waals surface area contributed by atoms with Crippen LogP contribution >= 0.6 is 0 Å². The largest absolute Gasteiger partial charge is 0.217 e. The van der Waals surface area contributed by atoms with Gasteiger partial charge < -0.3 is 0 Å². The first-order chi connectivity index (χ1) is 13.2. The van der Waals surface area contributed by atoms with Crippen LogP contribution in [0.5, 0.6) is 0 Å². The average Bonchev–Trinajstić information content (AvgIpc) is 3.18. The summed E-state index contributed by atoms with van der Waals surface area (Å²) < 4.78 is 2.36. The van der Waals surface area contributed by atoms with Gasteiger partial charge in [0.2, 0.25) is 5.69 Å². The molecular formula is C26H26N+. The maximum absolute atomic E-state index is 2.43. The van der Waals surface area contributed by atoms with Crippen LogP contribution in [-0.2, 0) is 12.5 Å². The third kappa shape index (κ3) is 1.74. The maximum Gasteiger partial charge on any atom is 0.217 e. The number of aryl methyl sites for hydroxylation is 2. The lowest BCUT2D eigenvalue weighted by Gasteiger charge is -2.39. The van der Waals surface area contributed by atoms with Gasteiger partial charge >= 0.3 is 0 Å². The SMILES string of the molecule is Cc1ccc2c3c1-c1c(ccc[n+]1C)C3(C1CCCCC1)c1ccccc1-2. The zero-order valence-corrected chi connectivity index (χ0v) is 16.3. The number of pyridine rings is 1. The summed E-state index contributed by atoms with van der Waals surface area (Å²) in [6.07, 6.45) is 9.06. The van der Waals surface area contributed by atoms with Crippen LogP contribution in [0.2, 0.25) is 0 Å². The number of rotatable bonds is 1. The molecule has 0 N–H and O–H groups in total. The Morgan fingerprint density at radius 3 is 2.48 bits per heavy atom. The highest BCUT2D eigenvalue weighted by molar-refractivity contribution is 5.96. The number of hydrogen-bond acceptors (Lipinski definition) is 0. The van der Waals surface area contributed by atoms with Gasteiger partial charge in [-0.25, -0.2) is 4.57 Å². The Bertz CT molecular complexity index is 1090. The van der Waals surface area contributed by atoms with Crippen molar-refractivity contribution in [3.63, 3.8) is 0 Å². The van der Waals surface area contributed by atoms with Crippen molar-refractivity contribution in [2.75, 3.05) is 0 Å². The molecule has 27 heavy (non-hydrogen) atoms. The van der Waals surface area contributed by atoms with Gasteiger partial charge in [0.05, 0.1) is 11.0 Å². The lowest BCUT2D eigenvalue weighted by atomic mass is 9.62. The molecule has 3 aliphatic carbocycles. The van der Waals surface area contributed by atoms with Gasteiger partial charge in [-0.15, -0.1) is 0 Å². The summed E-state index contributed by atoms with van der Waals surface area (Å²) in [6.45, 7) is 2.30. The number of benzene rings is 2. The summed E-state index contributed by atoms with van der Waals surface area (Å²) in [5.74, 6) is 0.706. The van der Waals surface area contributed by atoms with Crippen LogP contribution in [0.1, 0.15) is 54.4 Å². The smallest absolute Gasteiger partial charge is 0.201 e. The molecule has 0 saturated heterocycles. The molecule has 0 aliphatic heterocycles. The van der Waals surface area contributed by atoms with Crippen molar-refractivity contribution in [2.45, 2.75) is 44.4 Å².